The van der Waals surface area contributed by atoms with Gasteiger partial charge in [0.25, 0.3) is 0 Å². The number of nitrogens with one attached hydrogen (secondary N) is 1. The molecule has 1 aliphatic rings. The first-order valence-corrected chi connectivity index (χ1v) is 7.09. The van der Waals surface area contributed by atoms with Crippen LogP contribution in [-0.2, 0) is 16.1 Å². The first kappa shape index (κ1) is 13.6. The molecule has 1 saturated heterocycles. The number of amides is 2. The van der Waals surface area contributed by atoms with Crippen molar-refractivity contribution in [1.29, 1.82) is 0 Å². The molecule has 1 N–H and O–H groups in total. The Kier molecular flexibility index (Phi) is 3.60. The van der Waals surface area contributed by atoms with Crippen LogP contribution >= 0.6 is 0 Å². The Balaban J connectivity index is 1.62. The van der Waals surface area contributed by atoms with Crippen LogP contribution in [-0.4, -0.2) is 45.9 Å². The number of carbonyl (C=O) groups excluding carboxylic acids is 2. The summed E-state index contributed by atoms with van der Waals surface area (Å²) < 4.78 is 2.03. The van der Waals surface area contributed by atoms with E-state index in [2.05, 4.69) is 10.3 Å². The van der Waals surface area contributed by atoms with Crippen LogP contribution in [0.15, 0.2) is 30.6 Å². The average Bonchev–Trinajstić information content (AvgIpc) is 3.10. The van der Waals surface area contributed by atoms with Crippen molar-refractivity contribution in [2.75, 3.05) is 13.6 Å². The van der Waals surface area contributed by atoms with Gasteiger partial charge in [-0.3, -0.25) is 9.59 Å². The van der Waals surface area contributed by atoms with Gasteiger partial charge in [-0.2, -0.15) is 0 Å². The molecule has 1 aromatic carbocycles. The van der Waals surface area contributed by atoms with Crippen LogP contribution in [0.5, 0.6) is 0 Å². The minimum atomic E-state index is -0.359. The first-order chi connectivity index (χ1) is 10.1. The Hall–Kier alpha value is -2.37. The van der Waals surface area contributed by atoms with Crippen molar-refractivity contribution in [3.05, 3.63) is 30.6 Å². The molecule has 0 saturated carbocycles. The largest absolute Gasteiger partial charge is 0.344 e. The molecule has 6 heteroatoms. The summed E-state index contributed by atoms with van der Waals surface area (Å²) in [6.45, 7) is 1.27. The maximum Gasteiger partial charge on any atom is 0.244 e. The fourth-order valence-corrected chi connectivity index (χ4v) is 2.62. The molecule has 1 aliphatic heterocycles. The Labute approximate surface area is 122 Å². The molecule has 2 amide bonds. The lowest BCUT2D eigenvalue weighted by atomic mass is 10.2. The van der Waals surface area contributed by atoms with Crippen molar-refractivity contribution in [1.82, 2.24) is 19.8 Å². The second-order valence-corrected chi connectivity index (χ2v) is 5.35. The number of aromatic nitrogens is 2. The number of fused-ring (bicyclic) bond motifs is 1. The highest BCUT2D eigenvalue weighted by Crippen LogP contribution is 2.12. The van der Waals surface area contributed by atoms with E-state index in [1.165, 1.54) is 0 Å². The standard InChI is InChI=1S/C15H18N4O2/c1-18(15(21)12-6-7-14(20)17-12)8-9-19-10-16-11-4-2-3-5-13(11)19/h2-5,10,12H,6-9H2,1H3,(H,17,20). The SMILES string of the molecule is CN(CCn1cnc2ccccc21)C(=O)C1CCC(=O)N1. The van der Waals surface area contributed by atoms with Crippen molar-refractivity contribution in [2.45, 2.75) is 25.4 Å². The normalized spacial score (nSPS) is 18.0. The Morgan fingerprint density at radius 2 is 2.29 bits per heavy atom. The van der Waals surface area contributed by atoms with E-state index in [0.717, 1.165) is 11.0 Å². The predicted octanol–water partition coefficient (Wildman–Crippen LogP) is 0.773. The summed E-state index contributed by atoms with van der Waals surface area (Å²) in [4.78, 5) is 29.4. The molecular weight excluding hydrogens is 268 g/mol. The molecule has 110 valence electrons. The zero-order chi connectivity index (χ0) is 14.8. The van der Waals surface area contributed by atoms with Gasteiger partial charge in [-0.25, -0.2) is 4.98 Å². The monoisotopic (exact) mass is 286 g/mol. The fraction of sp³-hybridized carbons (Fsp3) is 0.400. The molecule has 0 bridgehead atoms. The number of nitrogens with zero attached hydrogens (tertiary/aromatic N) is 3. The molecule has 1 unspecified atom stereocenters. The topological polar surface area (TPSA) is 67.2 Å². The number of para-hydroxylation sites is 2. The van der Waals surface area contributed by atoms with Crippen LogP contribution in [0.4, 0.5) is 0 Å². The molecule has 0 radical (unpaired) electrons. The van der Waals surface area contributed by atoms with E-state index >= 15 is 0 Å². The van der Waals surface area contributed by atoms with Gasteiger partial charge < -0.3 is 14.8 Å². The molecule has 2 aromatic rings. The number of hydrogen-bond acceptors (Lipinski definition) is 3. The molecule has 1 aromatic heterocycles. The van der Waals surface area contributed by atoms with Gasteiger partial charge in [0.1, 0.15) is 6.04 Å². The van der Waals surface area contributed by atoms with Gasteiger partial charge >= 0.3 is 0 Å². The van der Waals surface area contributed by atoms with Crippen LogP contribution in [0, 0.1) is 0 Å². The molecule has 3 rings (SSSR count). The van der Waals surface area contributed by atoms with E-state index in [1.807, 2.05) is 28.8 Å². The highest BCUT2D eigenvalue weighted by Gasteiger charge is 2.29. The van der Waals surface area contributed by atoms with E-state index in [-0.39, 0.29) is 17.9 Å². The lowest BCUT2D eigenvalue weighted by Gasteiger charge is -2.21. The Bertz CT molecular complexity index is 679. The number of likely N-dealkylation sites (N-methyl/N-ethyl adjacent to an activating group) is 1. The second kappa shape index (κ2) is 5.55. The van der Waals surface area contributed by atoms with Gasteiger partial charge in [-0.15, -0.1) is 0 Å². The van der Waals surface area contributed by atoms with E-state index in [4.69, 9.17) is 0 Å². The smallest absolute Gasteiger partial charge is 0.244 e. The summed E-state index contributed by atoms with van der Waals surface area (Å²) in [6.07, 6.45) is 2.83. The third-order valence-electron chi connectivity index (χ3n) is 3.87. The van der Waals surface area contributed by atoms with Gasteiger partial charge in [0.15, 0.2) is 0 Å². The zero-order valence-electron chi connectivity index (χ0n) is 12.0. The van der Waals surface area contributed by atoms with Crippen molar-refractivity contribution < 1.29 is 9.59 Å². The van der Waals surface area contributed by atoms with Crippen LogP contribution in [0.2, 0.25) is 0 Å². The second-order valence-electron chi connectivity index (χ2n) is 5.35. The predicted molar refractivity (Wildman–Crippen MR) is 78.5 cm³/mol. The van der Waals surface area contributed by atoms with E-state index in [0.29, 0.717) is 25.9 Å². The lowest BCUT2D eigenvalue weighted by Crippen LogP contribution is -2.43. The molecule has 0 aliphatic carbocycles. The van der Waals surface area contributed by atoms with Gasteiger partial charge in [0, 0.05) is 26.6 Å². The molecule has 0 spiro atoms. The maximum absolute atomic E-state index is 12.2. The van der Waals surface area contributed by atoms with Gasteiger partial charge in [-0.1, -0.05) is 12.1 Å². The quantitative estimate of drug-likeness (QED) is 0.903. The van der Waals surface area contributed by atoms with Gasteiger partial charge in [-0.05, 0) is 18.6 Å². The summed E-state index contributed by atoms with van der Waals surface area (Å²) in [6, 6.07) is 7.56. The summed E-state index contributed by atoms with van der Waals surface area (Å²) >= 11 is 0. The number of hydrogen-bond donors (Lipinski definition) is 1. The van der Waals surface area contributed by atoms with Crippen LogP contribution < -0.4 is 5.32 Å². The number of benzene rings is 1. The van der Waals surface area contributed by atoms with Crippen molar-refractivity contribution >= 4 is 22.8 Å². The van der Waals surface area contributed by atoms with E-state index < -0.39 is 0 Å². The average molecular weight is 286 g/mol. The van der Waals surface area contributed by atoms with Crippen LogP contribution in [0.1, 0.15) is 12.8 Å². The van der Waals surface area contributed by atoms with Gasteiger partial charge in [0.05, 0.1) is 17.4 Å². The molecule has 21 heavy (non-hydrogen) atoms. The highest BCUT2D eigenvalue weighted by atomic mass is 16.2. The van der Waals surface area contributed by atoms with Crippen LogP contribution in [0.3, 0.4) is 0 Å². The summed E-state index contributed by atoms with van der Waals surface area (Å²) in [5.74, 6) is -0.0624. The third-order valence-corrected chi connectivity index (χ3v) is 3.87. The molecule has 1 fully saturated rings. The summed E-state index contributed by atoms with van der Waals surface area (Å²) in [5, 5.41) is 2.71. The van der Waals surface area contributed by atoms with E-state index in [1.54, 1.807) is 18.3 Å². The Morgan fingerprint density at radius 3 is 3.05 bits per heavy atom. The van der Waals surface area contributed by atoms with E-state index in [9.17, 15) is 9.59 Å². The zero-order valence-corrected chi connectivity index (χ0v) is 12.0. The Morgan fingerprint density at radius 1 is 1.48 bits per heavy atom. The highest BCUT2D eigenvalue weighted by molar-refractivity contribution is 5.90. The summed E-state index contributed by atoms with van der Waals surface area (Å²) in [7, 11) is 1.77. The minimum absolute atomic E-state index is 0.0229. The first-order valence-electron chi connectivity index (χ1n) is 7.09. The molecule has 2 heterocycles. The van der Waals surface area contributed by atoms with Crippen molar-refractivity contribution in [3.63, 3.8) is 0 Å². The van der Waals surface area contributed by atoms with Crippen molar-refractivity contribution in [2.24, 2.45) is 0 Å². The maximum atomic E-state index is 12.2. The van der Waals surface area contributed by atoms with Crippen molar-refractivity contribution in [3.8, 4) is 0 Å². The van der Waals surface area contributed by atoms with Crippen LogP contribution in [0.25, 0.3) is 11.0 Å². The lowest BCUT2D eigenvalue weighted by molar-refractivity contribution is -0.133. The fourth-order valence-electron chi connectivity index (χ4n) is 2.62. The molecular formula is C15H18N4O2. The molecule has 1 atom stereocenters. The van der Waals surface area contributed by atoms with Gasteiger partial charge in [0.2, 0.25) is 11.8 Å². The number of imidazole rings is 1. The summed E-state index contributed by atoms with van der Waals surface area (Å²) in [5.41, 5.74) is 2.02. The molecule has 6 nitrogen and oxygen atoms in total. The minimum Gasteiger partial charge on any atom is -0.344 e. The number of carbonyl (C=O) groups is 2. The third kappa shape index (κ3) is 2.74. The number of rotatable bonds is 4.